The average molecular weight is 409 g/mol. The molecule has 3 aromatic carbocycles. The molecular formula is C27H23NO3. The summed E-state index contributed by atoms with van der Waals surface area (Å²) in [7, 11) is 1.59. The molecule has 0 saturated carbocycles. The molecular weight excluding hydrogens is 386 g/mol. The van der Waals surface area contributed by atoms with Gasteiger partial charge in [0.15, 0.2) is 0 Å². The molecule has 2 bridgehead atoms. The maximum Gasteiger partial charge on any atom is 0.238 e. The smallest absolute Gasteiger partial charge is 0.238 e. The second-order valence-electron chi connectivity index (χ2n) is 9.16. The van der Waals surface area contributed by atoms with E-state index in [1.807, 2.05) is 42.5 Å². The molecule has 2 amide bonds. The summed E-state index contributed by atoms with van der Waals surface area (Å²) in [6.07, 6.45) is 0. The van der Waals surface area contributed by atoms with E-state index in [0.29, 0.717) is 11.4 Å². The van der Waals surface area contributed by atoms with Gasteiger partial charge in [-0.1, -0.05) is 68.4 Å². The van der Waals surface area contributed by atoms with Crippen LogP contribution in [0.1, 0.15) is 36.1 Å². The molecule has 0 unspecified atom stereocenters. The predicted molar refractivity (Wildman–Crippen MR) is 118 cm³/mol. The monoisotopic (exact) mass is 409 g/mol. The predicted octanol–water partition coefficient (Wildman–Crippen LogP) is 4.44. The van der Waals surface area contributed by atoms with Crippen LogP contribution in [0.25, 0.3) is 0 Å². The molecule has 7 rings (SSSR count). The highest BCUT2D eigenvalue weighted by Crippen LogP contribution is 2.66. The van der Waals surface area contributed by atoms with Crippen LogP contribution in [0.2, 0.25) is 0 Å². The second kappa shape index (κ2) is 5.85. The maximum absolute atomic E-state index is 14.0. The van der Waals surface area contributed by atoms with Crippen LogP contribution in [0.4, 0.5) is 5.69 Å². The first-order valence-corrected chi connectivity index (χ1v) is 10.7. The van der Waals surface area contributed by atoms with Crippen molar-refractivity contribution in [2.24, 2.45) is 11.8 Å². The number of hydrogen-bond acceptors (Lipinski definition) is 3. The van der Waals surface area contributed by atoms with Crippen molar-refractivity contribution >= 4 is 17.5 Å². The fraction of sp³-hybridized carbons (Fsp3) is 0.259. The molecule has 154 valence electrons. The first kappa shape index (κ1) is 18.4. The Hall–Kier alpha value is -3.40. The van der Waals surface area contributed by atoms with Crippen molar-refractivity contribution in [3.63, 3.8) is 0 Å². The van der Waals surface area contributed by atoms with Crippen molar-refractivity contribution in [3.8, 4) is 5.75 Å². The number of methoxy groups -OCH3 is 1. The quantitative estimate of drug-likeness (QED) is 0.588. The number of imide groups is 1. The summed E-state index contributed by atoms with van der Waals surface area (Å²) in [5, 5.41) is 0. The molecule has 4 nitrogen and oxygen atoms in total. The normalized spacial score (nSPS) is 30.1. The molecule has 0 aromatic heterocycles. The minimum atomic E-state index is -0.560. The van der Waals surface area contributed by atoms with Crippen molar-refractivity contribution in [1.29, 1.82) is 0 Å². The van der Waals surface area contributed by atoms with Crippen molar-refractivity contribution < 1.29 is 14.3 Å². The van der Waals surface area contributed by atoms with Gasteiger partial charge in [-0.25, -0.2) is 4.90 Å². The highest BCUT2D eigenvalue weighted by atomic mass is 16.5. The number of nitrogens with zero attached hydrogens (tertiary/aromatic N) is 1. The fourth-order valence-electron chi connectivity index (χ4n) is 6.57. The third-order valence-corrected chi connectivity index (χ3v) is 7.95. The van der Waals surface area contributed by atoms with Crippen LogP contribution in [-0.2, 0) is 20.4 Å². The molecule has 1 aliphatic heterocycles. The molecule has 31 heavy (non-hydrogen) atoms. The van der Waals surface area contributed by atoms with Gasteiger partial charge in [0.2, 0.25) is 11.8 Å². The molecule has 3 aromatic rings. The fourth-order valence-corrected chi connectivity index (χ4v) is 6.57. The zero-order chi connectivity index (χ0) is 21.5. The number of carbonyl (C=O) groups is 2. The number of benzene rings is 3. The Bertz CT molecular complexity index is 1160. The number of carbonyl (C=O) groups excluding carboxylic acids is 2. The summed E-state index contributed by atoms with van der Waals surface area (Å²) >= 11 is 0. The number of rotatable bonds is 2. The van der Waals surface area contributed by atoms with Gasteiger partial charge in [0, 0.05) is 16.9 Å². The summed E-state index contributed by atoms with van der Waals surface area (Å²) in [6, 6.07) is 23.9. The van der Waals surface area contributed by atoms with Crippen LogP contribution in [0.3, 0.4) is 0 Å². The van der Waals surface area contributed by atoms with E-state index >= 15 is 0 Å². The minimum Gasteiger partial charge on any atom is -0.497 e. The molecule has 4 aliphatic rings. The summed E-state index contributed by atoms with van der Waals surface area (Å²) in [5.41, 5.74) is 4.09. The Morgan fingerprint density at radius 2 is 1.16 bits per heavy atom. The second-order valence-corrected chi connectivity index (χ2v) is 9.16. The first-order valence-electron chi connectivity index (χ1n) is 10.7. The standard InChI is InChI=1S/C27H23NO3/c1-26-18-11-4-6-13-20(18)27(2,21-14-7-5-12-19(21)26)23-22(26)24(29)28(25(23)30)16-9-8-10-17(15-16)31-3/h4-15,22-23H,1-3H3/t22-,23-,26?,27?/m1/s1. The van der Waals surface area contributed by atoms with Crippen molar-refractivity contribution in [3.05, 3.63) is 95.1 Å². The van der Waals surface area contributed by atoms with Crippen molar-refractivity contribution in [2.45, 2.75) is 24.7 Å². The van der Waals surface area contributed by atoms with Gasteiger partial charge in [-0.05, 0) is 34.4 Å². The zero-order valence-electron chi connectivity index (χ0n) is 17.8. The summed E-state index contributed by atoms with van der Waals surface area (Å²) in [5.74, 6) is -0.510. The summed E-state index contributed by atoms with van der Waals surface area (Å²) in [4.78, 5) is 29.3. The van der Waals surface area contributed by atoms with Gasteiger partial charge in [-0.15, -0.1) is 0 Å². The molecule has 1 fully saturated rings. The van der Waals surface area contributed by atoms with E-state index in [2.05, 4.69) is 38.1 Å². The lowest BCUT2D eigenvalue weighted by molar-refractivity contribution is -0.124. The zero-order valence-corrected chi connectivity index (χ0v) is 17.8. The van der Waals surface area contributed by atoms with Gasteiger partial charge in [-0.2, -0.15) is 0 Å². The van der Waals surface area contributed by atoms with Gasteiger partial charge in [0.25, 0.3) is 0 Å². The van der Waals surface area contributed by atoms with Crippen LogP contribution in [0.5, 0.6) is 5.75 Å². The summed E-state index contributed by atoms with van der Waals surface area (Å²) in [6.45, 7) is 4.28. The number of hydrogen-bond donors (Lipinski definition) is 0. The molecule has 0 N–H and O–H groups in total. The molecule has 3 aliphatic carbocycles. The lowest BCUT2D eigenvalue weighted by Gasteiger charge is -2.57. The third-order valence-electron chi connectivity index (χ3n) is 7.95. The van der Waals surface area contributed by atoms with Crippen LogP contribution >= 0.6 is 0 Å². The van der Waals surface area contributed by atoms with E-state index in [1.54, 1.807) is 13.2 Å². The third kappa shape index (κ3) is 1.96. The summed E-state index contributed by atoms with van der Waals surface area (Å²) < 4.78 is 5.35. The lowest BCUT2D eigenvalue weighted by Crippen LogP contribution is -2.59. The molecule has 0 spiro atoms. The van der Waals surface area contributed by atoms with Gasteiger partial charge in [0.05, 0.1) is 24.6 Å². The molecule has 2 atom stereocenters. The van der Waals surface area contributed by atoms with E-state index in [4.69, 9.17) is 4.74 Å². The van der Waals surface area contributed by atoms with E-state index in [1.165, 1.54) is 4.90 Å². The van der Waals surface area contributed by atoms with Gasteiger partial charge in [0.1, 0.15) is 5.75 Å². The van der Waals surface area contributed by atoms with Crippen LogP contribution in [0.15, 0.2) is 72.8 Å². The van der Waals surface area contributed by atoms with Gasteiger partial charge < -0.3 is 4.74 Å². The maximum atomic E-state index is 14.0. The lowest BCUT2D eigenvalue weighted by atomic mass is 9.42. The molecule has 1 heterocycles. The highest BCUT2D eigenvalue weighted by Gasteiger charge is 2.70. The Balaban J connectivity index is 1.64. The number of ether oxygens (including phenoxy) is 1. The van der Waals surface area contributed by atoms with E-state index in [0.717, 1.165) is 22.3 Å². The Morgan fingerprint density at radius 1 is 0.710 bits per heavy atom. The molecule has 0 radical (unpaired) electrons. The number of anilines is 1. The van der Waals surface area contributed by atoms with Gasteiger partial charge >= 0.3 is 0 Å². The van der Waals surface area contributed by atoms with E-state index < -0.39 is 22.7 Å². The first-order chi connectivity index (χ1) is 14.9. The number of amides is 2. The van der Waals surface area contributed by atoms with Crippen molar-refractivity contribution in [2.75, 3.05) is 12.0 Å². The minimum absolute atomic E-state index is 0.124. The Kier molecular flexibility index (Phi) is 3.47. The van der Waals surface area contributed by atoms with E-state index in [-0.39, 0.29) is 11.8 Å². The largest absolute Gasteiger partial charge is 0.497 e. The van der Waals surface area contributed by atoms with Crippen LogP contribution in [0, 0.1) is 11.8 Å². The Labute approximate surface area is 181 Å². The average Bonchev–Trinajstić information content (AvgIpc) is 3.08. The Morgan fingerprint density at radius 3 is 1.58 bits per heavy atom. The topological polar surface area (TPSA) is 46.6 Å². The molecule has 1 saturated heterocycles. The van der Waals surface area contributed by atoms with Crippen LogP contribution < -0.4 is 9.64 Å². The SMILES string of the molecule is COc1cccc(N2C(=O)[C@H]3[C@H](C2=O)C2(C)c4ccccc4C3(C)c3ccccc32)c1. The highest BCUT2D eigenvalue weighted by molar-refractivity contribution is 6.24. The van der Waals surface area contributed by atoms with Gasteiger partial charge in [-0.3, -0.25) is 9.59 Å². The molecule has 4 heteroatoms. The van der Waals surface area contributed by atoms with Crippen molar-refractivity contribution in [1.82, 2.24) is 0 Å². The van der Waals surface area contributed by atoms with Crippen LogP contribution in [-0.4, -0.2) is 18.9 Å². The van der Waals surface area contributed by atoms with E-state index in [9.17, 15) is 9.59 Å².